The number of hydrogen-bond donors (Lipinski definition) is 2. The first-order valence-corrected chi connectivity index (χ1v) is 9.50. The highest BCUT2D eigenvalue weighted by atomic mass is 79.9. The molecule has 1 atom stereocenters. The lowest BCUT2D eigenvalue weighted by Gasteiger charge is -2.30. The first kappa shape index (κ1) is 21.2. The Balaban J connectivity index is 1.71. The summed E-state index contributed by atoms with van der Waals surface area (Å²) < 4.78 is 0.803. The number of carbonyl (C=O) groups is 3. The molecule has 12 heteroatoms. The molecule has 1 fully saturated rings. The van der Waals surface area contributed by atoms with Gasteiger partial charge in [0, 0.05) is 28.4 Å². The number of benzene rings is 2. The Kier molecular flexibility index (Phi) is 6.28. The van der Waals surface area contributed by atoms with E-state index in [-0.39, 0.29) is 16.4 Å². The van der Waals surface area contributed by atoms with Gasteiger partial charge in [-0.2, -0.15) is 5.10 Å². The Hall–Kier alpha value is -3.51. The third-order valence-corrected chi connectivity index (χ3v) is 4.83. The van der Waals surface area contributed by atoms with Crippen molar-refractivity contribution in [3.8, 4) is 0 Å². The maximum Gasteiger partial charge on any atom is 0.271 e. The number of rotatable bonds is 5. The molecule has 1 heterocycles. The van der Waals surface area contributed by atoms with Crippen LogP contribution in [0, 0.1) is 16.0 Å². The number of thiocarbonyl (C=S) groups is 1. The number of carbonyl (C=O) groups excluding carboxylic acids is 3. The molecule has 0 aliphatic carbocycles. The van der Waals surface area contributed by atoms with Crippen molar-refractivity contribution in [2.24, 2.45) is 11.0 Å². The van der Waals surface area contributed by atoms with Crippen LogP contribution in [0.1, 0.15) is 10.4 Å². The zero-order valence-corrected chi connectivity index (χ0v) is 17.3. The molecule has 0 saturated carbocycles. The van der Waals surface area contributed by atoms with Crippen molar-refractivity contribution in [1.29, 1.82) is 0 Å². The van der Waals surface area contributed by atoms with E-state index >= 15 is 0 Å². The minimum atomic E-state index is -1.31. The van der Waals surface area contributed by atoms with Crippen molar-refractivity contribution in [3.05, 3.63) is 68.7 Å². The van der Waals surface area contributed by atoms with E-state index in [9.17, 15) is 24.5 Å². The van der Waals surface area contributed by atoms with Crippen molar-refractivity contribution >= 4 is 68.6 Å². The topological polar surface area (TPSA) is 134 Å². The third kappa shape index (κ3) is 4.55. The molecule has 3 amide bonds. The minimum absolute atomic E-state index is 0.0631. The number of amides is 3. The second kappa shape index (κ2) is 8.88. The van der Waals surface area contributed by atoms with E-state index in [2.05, 4.69) is 31.8 Å². The number of nitrogens with one attached hydrogen (secondary N) is 2. The SMILES string of the molecule is O=C(N/N=C\[C@H]1C(=O)NC(=S)N(c2ccc(Br)cc2)C1=O)c1ccc([N+](=O)[O-])cc1. The molecule has 2 N–H and O–H groups in total. The molecule has 152 valence electrons. The molecule has 1 aliphatic rings. The van der Waals surface area contributed by atoms with Crippen LogP contribution in [0.25, 0.3) is 0 Å². The minimum Gasteiger partial charge on any atom is -0.301 e. The van der Waals surface area contributed by atoms with Gasteiger partial charge < -0.3 is 5.32 Å². The fourth-order valence-electron chi connectivity index (χ4n) is 2.53. The smallest absolute Gasteiger partial charge is 0.271 e. The predicted molar refractivity (Wildman–Crippen MR) is 115 cm³/mol. The van der Waals surface area contributed by atoms with Crippen LogP contribution < -0.4 is 15.6 Å². The number of anilines is 1. The number of hydrazone groups is 1. The van der Waals surface area contributed by atoms with E-state index in [0.29, 0.717) is 5.69 Å². The number of nitro benzene ring substituents is 1. The van der Waals surface area contributed by atoms with Crippen LogP contribution in [0.15, 0.2) is 58.1 Å². The molecule has 2 aromatic carbocycles. The number of nitro groups is 1. The average molecular weight is 490 g/mol. The third-order valence-electron chi connectivity index (χ3n) is 4.02. The fraction of sp³-hybridized carbons (Fsp3) is 0.0556. The molecule has 1 aliphatic heterocycles. The van der Waals surface area contributed by atoms with Crippen molar-refractivity contribution in [3.63, 3.8) is 0 Å². The number of halogens is 1. The quantitative estimate of drug-likeness (QED) is 0.217. The monoisotopic (exact) mass is 489 g/mol. The molecular weight excluding hydrogens is 478 g/mol. The first-order chi connectivity index (χ1) is 14.3. The predicted octanol–water partition coefficient (Wildman–Crippen LogP) is 2.14. The molecule has 0 bridgehead atoms. The number of non-ortho nitro benzene ring substituents is 1. The van der Waals surface area contributed by atoms with Gasteiger partial charge in [0.25, 0.3) is 17.5 Å². The van der Waals surface area contributed by atoms with E-state index in [0.717, 1.165) is 15.6 Å². The summed E-state index contributed by atoms with van der Waals surface area (Å²) in [7, 11) is 0. The first-order valence-electron chi connectivity index (χ1n) is 8.30. The normalized spacial score (nSPS) is 16.5. The lowest BCUT2D eigenvalue weighted by Crippen LogP contribution is -2.58. The summed E-state index contributed by atoms with van der Waals surface area (Å²) >= 11 is 8.39. The van der Waals surface area contributed by atoms with Crippen LogP contribution in [0.4, 0.5) is 11.4 Å². The number of nitrogens with zero attached hydrogens (tertiary/aromatic N) is 3. The summed E-state index contributed by atoms with van der Waals surface area (Å²) in [6, 6.07) is 11.6. The van der Waals surface area contributed by atoms with E-state index in [1.807, 2.05) is 0 Å². The highest BCUT2D eigenvalue weighted by molar-refractivity contribution is 9.10. The van der Waals surface area contributed by atoms with Crippen molar-refractivity contribution in [1.82, 2.24) is 10.7 Å². The Morgan fingerprint density at radius 1 is 1.20 bits per heavy atom. The van der Waals surface area contributed by atoms with Crippen molar-refractivity contribution in [2.75, 3.05) is 4.90 Å². The summed E-state index contributed by atoms with van der Waals surface area (Å²) in [4.78, 5) is 48.3. The summed E-state index contributed by atoms with van der Waals surface area (Å²) in [6.45, 7) is 0. The van der Waals surface area contributed by atoms with Crippen LogP contribution in [0.3, 0.4) is 0 Å². The molecule has 2 aromatic rings. The zero-order chi connectivity index (χ0) is 21.8. The van der Waals surface area contributed by atoms with Crippen LogP contribution in [-0.2, 0) is 9.59 Å². The standard InChI is InChI=1S/C18H12BrN5O5S/c19-11-3-7-12(8-4-11)23-17(27)14(16(26)21-18(23)30)9-20-22-15(25)10-1-5-13(6-2-10)24(28)29/h1-9,14H,(H,22,25)(H,21,26,30)/b20-9-/t14-/m0/s1. The molecule has 0 spiro atoms. The molecule has 0 aromatic heterocycles. The summed E-state index contributed by atoms with van der Waals surface area (Å²) in [6.07, 6.45) is 0.995. The van der Waals surface area contributed by atoms with Gasteiger partial charge in [-0.25, -0.2) is 5.43 Å². The lowest BCUT2D eigenvalue weighted by molar-refractivity contribution is -0.384. The summed E-state index contributed by atoms with van der Waals surface area (Å²) in [5.41, 5.74) is 2.60. The Bertz CT molecular complexity index is 1070. The van der Waals surface area contributed by atoms with Gasteiger partial charge in [-0.15, -0.1) is 0 Å². The van der Waals surface area contributed by atoms with E-state index in [1.165, 1.54) is 24.3 Å². The van der Waals surface area contributed by atoms with Gasteiger partial charge in [-0.1, -0.05) is 15.9 Å². The Morgan fingerprint density at radius 2 is 1.83 bits per heavy atom. The molecular formula is C18H12BrN5O5S. The van der Waals surface area contributed by atoms with Gasteiger partial charge in [0.1, 0.15) is 0 Å². The molecule has 1 saturated heterocycles. The van der Waals surface area contributed by atoms with Gasteiger partial charge in [-0.3, -0.25) is 29.4 Å². The highest BCUT2D eigenvalue weighted by Crippen LogP contribution is 2.22. The Morgan fingerprint density at radius 3 is 2.43 bits per heavy atom. The second-order valence-corrected chi connectivity index (χ2v) is 7.25. The van der Waals surface area contributed by atoms with Crippen molar-refractivity contribution < 1.29 is 19.3 Å². The molecule has 30 heavy (non-hydrogen) atoms. The second-order valence-electron chi connectivity index (χ2n) is 5.95. The van der Waals surface area contributed by atoms with Crippen LogP contribution >= 0.6 is 28.1 Å². The average Bonchev–Trinajstić information content (AvgIpc) is 2.71. The van der Waals surface area contributed by atoms with E-state index in [1.54, 1.807) is 24.3 Å². The highest BCUT2D eigenvalue weighted by Gasteiger charge is 2.38. The molecule has 0 unspecified atom stereocenters. The zero-order valence-electron chi connectivity index (χ0n) is 14.9. The van der Waals surface area contributed by atoms with Gasteiger partial charge in [0.15, 0.2) is 11.0 Å². The molecule has 3 rings (SSSR count). The lowest BCUT2D eigenvalue weighted by atomic mass is 10.1. The number of hydrogen-bond acceptors (Lipinski definition) is 7. The molecule has 0 radical (unpaired) electrons. The van der Waals surface area contributed by atoms with Gasteiger partial charge in [-0.05, 0) is 48.6 Å². The van der Waals surface area contributed by atoms with Crippen LogP contribution in [0.5, 0.6) is 0 Å². The van der Waals surface area contributed by atoms with Gasteiger partial charge >= 0.3 is 0 Å². The Labute approximate surface area is 183 Å². The van der Waals surface area contributed by atoms with Crippen LogP contribution in [0.2, 0.25) is 0 Å². The van der Waals surface area contributed by atoms with Gasteiger partial charge in [0.05, 0.1) is 10.6 Å². The van der Waals surface area contributed by atoms with Crippen molar-refractivity contribution in [2.45, 2.75) is 0 Å². The van der Waals surface area contributed by atoms with Crippen LogP contribution in [-0.4, -0.2) is 34.0 Å². The molecule has 10 nitrogen and oxygen atoms in total. The van der Waals surface area contributed by atoms with Gasteiger partial charge in [0.2, 0.25) is 5.91 Å². The maximum atomic E-state index is 12.8. The fourth-order valence-corrected chi connectivity index (χ4v) is 3.09. The van der Waals surface area contributed by atoms with E-state index < -0.39 is 28.6 Å². The summed E-state index contributed by atoms with van der Waals surface area (Å²) in [5, 5.41) is 16.7. The van der Waals surface area contributed by atoms with E-state index in [4.69, 9.17) is 12.2 Å². The maximum absolute atomic E-state index is 12.8. The largest absolute Gasteiger partial charge is 0.301 e. The summed E-state index contributed by atoms with van der Waals surface area (Å²) in [5.74, 6) is -3.27.